The van der Waals surface area contributed by atoms with E-state index in [0.717, 1.165) is 32.5 Å². The smallest absolute Gasteiger partial charge is 0.0674 e. The van der Waals surface area contributed by atoms with Gasteiger partial charge in [-0.2, -0.15) is 0 Å². The lowest BCUT2D eigenvalue weighted by atomic mass is 9.92. The van der Waals surface area contributed by atoms with Crippen LogP contribution in [0.4, 0.5) is 0 Å². The van der Waals surface area contributed by atoms with E-state index in [-0.39, 0.29) is 12.1 Å². The molecule has 0 radical (unpaired) electrons. The first kappa shape index (κ1) is 16.9. The normalized spacial score (nSPS) is 30.0. The van der Waals surface area contributed by atoms with Crippen LogP contribution in [0.25, 0.3) is 0 Å². The predicted molar refractivity (Wildman–Crippen MR) is 79.4 cm³/mol. The van der Waals surface area contributed by atoms with Gasteiger partial charge in [-0.25, -0.2) is 0 Å². The van der Waals surface area contributed by atoms with Crippen LogP contribution in [0.3, 0.4) is 0 Å². The third-order valence-corrected chi connectivity index (χ3v) is 4.25. The van der Waals surface area contributed by atoms with Crippen LogP contribution >= 0.6 is 0 Å². The number of morpholine rings is 1. The molecular formula is C15H32N2O2. The summed E-state index contributed by atoms with van der Waals surface area (Å²) in [4.78, 5) is 2.55. The summed E-state index contributed by atoms with van der Waals surface area (Å²) in [5.74, 6) is 0. The molecule has 0 saturated carbocycles. The van der Waals surface area contributed by atoms with E-state index in [0.29, 0.717) is 18.2 Å². The Morgan fingerprint density at radius 2 is 2.16 bits per heavy atom. The maximum atomic E-state index is 9.63. The molecule has 0 spiro atoms. The molecular weight excluding hydrogens is 240 g/mol. The summed E-state index contributed by atoms with van der Waals surface area (Å²) in [7, 11) is 0. The highest BCUT2D eigenvalue weighted by molar-refractivity contribution is 4.90. The van der Waals surface area contributed by atoms with Crippen molar-refractivity contribution < 1.29 is 9.84 Å². The van der Waals surface area contributed by atoms with Crippen molar-refractivity contribution in [3.8, 4) is 0 Å². The van der Waals surface area contributed by atoms with Gasteiger partial charge in [0.2, 0.25) is 0 Å². The van der Waals surface area contributed by atoms with Crippen molar-refractivity contribution in [2.24, 2.45) is 0 Å². The van der Waals surface area contributed by atoms with E-state index in [1.54, 1.807) is 0 Å². The van der Waals surface area contributed by atoms with Gasteiger partial charge in [-0.05, 0) is 40.2 Å². The summed E-state index contributed by atoms with van der Waals surface area (Å²) in [6, 6.07) is 0.961. The molecule has 0 aromatic carbocycles. The number of aliphatic hydroxyl groups is 1. The van der Waals surface area contributed by atoms with E-state index >= 15 is 0 Å². The van der Waals surface area contributed by atoms with Gasteiger partial charge in [0.05, 0.1) is 19.3 Å². The van der Waals surface area contributed by atoms with Gasteiger partial charge in [-0.15, -0.1) is 0 Å². The summed E-state index contributed by atoms with van der Waals surface area (Å²) in [5.41, 5.74) is -0.187. The average Bonchev–Trinajstić information content (AvgIpc) is 2.38. The summed E-state index contributed by atoms with van der Waals surface area (Å²) in [5, 5.41) is 13.0. The van der Waals surface area contributed by atoms with Gasteiger partial charge in [0, 0.05) is 24.2 Å². The first-order valence-electron chi connectivity index (χ1n) is 7.69. The fraction of sp³-hybridized carbons (Fsp3) is 1.00. The van der Waals surface area contributed by atoms with Crippen molar-refractivity contribution in [1.82, 2.24) is 10.2 Å². The molecule has 4 unspecified atom stereocenters. The van der Waals surface area contributed by atoms with E-state index < -0.39 is 0 Å². The van der Waals surface area contributed by atoms with Gasteiger partial charge in [0.15, 0.2) is 0 Å². The van der Waals surface area contributed by atoms with Crippen molar-refractivity contribution in [2.45, 2.75) is 71.2 Å². The minimum atomic E-state index is -0.187. The van der Waals surface area contributed by atoms with Gasteiger partial charge >= 0.3 is 0 Å². The lowest BCUT2D eigenvalue weighted by molar-refractivity contribution is -0.0749. The molecule has 0 aliphatic carbocycles. The molecule has 4 nitrogen and oxygen atoms in total. The fourth-order valence-corrected chi connectivity index (χ4v) is 3.15. The average molecular weight is 272 g/mol. The van der Waals surface area contributed by atoms with Crippen LogP contribution in [0.1, 0.15) is 47.5 Å². The van der Waals surface area contributed by atoms with E-state index in [4.69, 9.17) is 4.74 Å². The number of nitrogens with zero attached hydrogens (tertiary/aromatic N) is 1. The van der Waals surface area contributed by atoms with Crippen molar-refractivity contribution in [3.05, 3.63) is 0 Å². The zero-order valence-corrected chi connectivity index (χ0v) is 13.3. The van der Waals surface area contributed by atoms with Crippen molar-refractivity contribution in [2.75, 3.05) is 26.3 Å². The van der Waals surface area contributed by atoms with Gasteiger partial charge in [0.1, 0.15) is 0 Å². The summed E-state index contributed by atoms with van der Waals surface area (Å²) in [6.07, 6.45) is 2.39. The Hall–Kier alpha value is -0.160. The molecule has 4 atom stereocenters. The second-order valence-electron chi connectivity index (χ2n) is 6.21. The molecule has 1 aliphatic rings. The first-order chi connectivity index (χ1) is 8.95. The van der Waals surface area contributed by atoms with Crippen LogP contribution in [0.15, 0.2) is 0 Å². The Morgan fingerprint density at radius 1 is 1.47 bits per heavy atom. The molecule has 4 heteroatoms. The lowest BCUT2D eigenvalue weighted by Gasteiger charge is -2.44. The SMILES string of the molecule is CCNC(C)(CO)CC(C)N1CC(C)OCC1CC. The van der Waals surface area contributed by atoms with E-state index in [1.807, 2.05) is 0 Å². The highest BCUT2D eigenvalue weighted by Gasteiger charge is 2.33. The maximum Gasteiger partial charge on any atom is 0.0674 e. The molecule has 0 amide bonds. The van der Waals surface area contributed by atoms with Crippen LogP contribution in [-0.2, 0) is 4.74 Å². The standard InChI is InChI=1S/C15H32N2O2/c1-6-14-10-19-13(4)9-17(14)12(3)8-15(5,11-18)16-7-2/h12-14,16,18H,6-11H2,1-5H3. The molecule has 1 aliphatic heterocycles. The zero-order chi connectivity index (χ0) is 14.5. The molecule has 1 heterocycles. The fourth-order valence-electron chi connectivity index (χ4n) is 3.15. The van der Waals surface area contributed by atoms with E-state index in [1.165, 1.54) is 0 Å². The molecule has 0 aromatic rings. The van der Waals surface area contributed by atoms with Gasteiger partial charge in [-0.1, -0.05) is 13.8 Å². The van der Waals surface area contributed by atoms with Crippen molar-refractivity contribution in [1.29, 1.82) is 0 Å². The highest BCUT2D eigenvalue weighted by atomic mass is 16.5. The van der Waals surface area contributed by atoms with Gasteiger partial charge < -0.3 is 15.2 Å². The predicted octanol–water partition coefficient (Wildman–Crippen LogP) is 1.62. The molecule has 0 bridgehead atoms. The highest BCUT2D eigenvalue weighted by Crippen LogP contribution is 2.23. The molecule has 0 aromatic heterocycles. The second-order valence-corrected chi connectivity index (χ2v) is 6.21. The number of nitrogens with one attached hydrogen (secondary N) is 1. The van der Waals surface area contributed by atoms with Crippen LogP contribution in [0.2, 0.25) is 0 Å². The van der Waals surface area contributed by atoms with Crippen molar-refractivity contribution >= 4 is 0 Å². The molecule has 2 N–H and O–H groups in total. The second kappa shape index (κ2) is 7.58. The summed E-state index contributed by atoms with van der Waals surface area (Å²) < 4.78 is 5.76. The number of ether oxygens (including phenoxy) is 1. The zero-order valence-electron chi connectivity index (χ0n) is 13.3. The number of aliphatic hydroxyl groups excluding tert-OH is 1. The van der Waals surface area contributed by atoms with E-state index in [9.17, 15) is 5.11 Å². The lowest BCUT2D eigenvalue weighted by Crippen LogP contribution is -2.56. The van der Waals surface area contributed by atoms with Crippen LogP contribution in [0, 0.1) is 0 Å². The quantitative estimate of drug-likeness (QED) is 0.739. The number of hydrogen-bond acceptors (Lipinski definition) is 4. The van der Waals surface area contributed by atoms with Crippen LogP contribution in [-0.4, -0.2) is 60.0 Å². The molecule has 19 heavy (non-hydrogen) atoms. The molecule has 1 rings (SSSR count). The topological polar surface area (TPSA) is 44.7 Å². The number of rotatable bonds is 7. The van der Waals surface area contributed by atoms with Crippen LogP contribution < -0.4 is 5.32 Å². The monoisotopic (exact) mass is 272 g/mol. The largest absolute Gasteiger partial charge is 0.394 e. The minimum Gasteiger partial charge on any atom is -0.394 e. The Balaban J connectivity index is 2.65. The Kier molecular flexibility index (Phi) is 6.74. The van der Waals surface area contributed by atoms with Gasteiger partial charge in [-0.3, -0.25) is 4.90 Å². The Labute approximate surface area is 118 Å². The summed E-state index contributed by atoms with van der Waals surface area (Å²) in [6.45, 7) is 13.7. The third-order valence-electron chi connectivity index (χ3n) is 4.25. The maximum absolute atomic E-state index is 9.63. The minimum absolute atomic E-state index is 0.182. The summed E-state index contributed by atoms with van der Waals surface area (Å²) >= 11 is 0. The third kappa shape index (κ3) is 4.71. The molecule has 1 saturated heterocycles. The number of hydrogen-bond donors (Lipinski definition) is 2. The number of likely N-dealkylation sites (N-methyl/N-ethyl adjacent to an activating group) is 1. The van der Waals surface area contributed by atoms with E-state index in [2.05, 4.69) is 44.8 Å². The molecule has 114 valence electrons. The van der Waals surface area contributed by atoms with Crippen molar-refractivity contribution in [3.63, 3.8) is 0 Å². The van der Waals surface area contributed by atoms with Gasteiger partial charge in [0.25, 0.3) is 0 Å². The first-order valence-corrected chi connectivity index (χ1v) is 7.69. The van der Waals surface area contributed by atoms with Crippen LogP contribution in [0.5, 0.6) is 0 Å². The Bertz CT molecular complexity index is 263. The molecule has 1 fully saturated rings. The Morgan fingerprint density at radius 3 is 2.68 bits per heavy atom.